The van der Waals surface area contributed by atoms with E-state index in [0.717, 1.165) is 18.5 Å². The molecule has 1 aliphatic carbocycles. The topological polar surface area (TPSA) is 82.5 Å². The van der Waals surface area contributed by atoms with Crippen LogP contribution in [0.2, 0.25) is 0 Å². The molecule has 3 atom stereocenters. The number of nitrogens with one attached hydrogen (secondary N) is 1. The summed E-state index contributed by atoms with van der Waals surface area (Å²) in [7, 11) is 0. The molecule has 1 aliphatic heterocycles. The first-order valence-corrected chi connectivity index (χ1v) is 7.52. The number of aryl methyl sites for hydroxylation is 1. The molecule has 0 aromatic carbocycles. The largest absolute Gasteiger partial charge is 0.396 e. The zero-order valence-electron chi connectivity index (χ0n) is 11.2. The maximum Gasteiger partial charge on any atom is 0.314 e. The van der Waals surface area contributed by atoms with Crippen LogP contribution in [0.4, 0.5) is 5.00 Å². The Morgan fingerprint density at radius 2 is 2.35 bits per heavy atom. The van der Waals surface area contributed by atoms with Gasteiger partial charge in [0.15, 0.2) is 0 Å². The van der Waals surface area contributed by atoms with Crippen molar-refractivity contribution in [3.63, 3.8) is 0 Å². The van der Waals surface area contributed by atoms with Crippen LogP contribution in [0.1, 0.15) is 18.5 Å². The van der Waals surface area contributed by atoms with Gasteiger partial charge in [0.2, 0.25) is 0 Å². The second kappa shape index (κ2) is 5.14. The second-order valence-corrected chi connectivity index (χ2v) is 6.40. The maximum atomic E-state index is 12.1. The predicted molar refractivity (Wildman–Crippen MR) is 74.3 cm³/mol. The van der Waals surface area contributed by atoms with E-state index in [1.807, 2.05) is 6.92 Å². The summed E-state index contributed by atoms with van der Waals surface area (Å²) in [5.41, 5.74) is 0.823. The standard InChI is InChI=1S/C13H17N3O3S/c1-7-2-11(20-15-7)14-12(18)13(19)16-5-9-3-8(6-17)4-10(9)16/h2,8-10,17H,3-6H2,1H3,(H,14,18)/t8-,9+,10+/m1/s1. The Morgan fingerprint density at radius 1 is 1.55 bits per heavy atom. The molecule has 1 aromatic heterocycles. The van der Waals surface area contributed by atoms with E-state index in [-0.39, 0.29) is 18.6 Å². The van der Waals surface area contributed by atoms with E-state index < -0.39 is 11.8 Å². The van der Waals surface area contributed by atoms with Gasteiger partial charge in [-0.3, -0.25) is 9.59 Å². The number of hydrogen-bond acceptors (Lipinski definition) is 5. The zero-order valence-corrected chi connectivity index (χ0v) is 12.0. The zero-order chi connectivity index (χ0) is 14.3. The highest BCUT2D eigenvalue weighted by Crippen LogP contribution is 2.42. The summed E-state index contributed by atoms with van der Waals surface area (Å²) < 4.78 is 4.06. The van der Waals surface area contributed by atoms with Crippen LogP contribution in [-0.4, -0.2) is 45.4 Å². The first-order valence-electron chi connectivity index (χ1n) is 6.74. The summed E-state index contributed by atoms with van der Waals surface area (Å²) in [6.07, 6.45) is 1.76. The van der Waals surface area contributed by atoms with Crippen LogP contribution in [0.3, 0.4) is 0 Å². The first-order chi connectivity index (χ1) is 9.58. The van der Waals surface area contributed by atoms with Crippen molar-refractivity contribution in [1.29, 1.82) is 0 Å². The fraction of sp³-hybridized carbons (Fsp3) is 0.615. The van der Waals surface area contributed by atoms with Crippen LogP contribution in [0, 0.1) is 18.8 Å². The fourth-order valence-electron chi connectivity index (χ4n) is 3.14. The first kappa shape index (κ1) is 13.5. The van der Waals surface area contributed by atoms with Crippen LogP contribution in [0.15, 0.2) is 6.07 Å². The number of amides is 2. The fourth-order valence-corrected chi connectivity index (χ4v) is 3.80. The number of nitrogens with zero attached hydrogens (tertiary/aromatic N) is 2. The van der Waals surface area contributed by atoms with Crippen molar-refractivity contribution >= 4 is 28.3 Å². The molecular formula is C13H17N3O3S. The van der Waals surface area contributed by atoms with Crippen LogP contribution >= 0.6 is 11.5 Å². The quantitative estimate of drug-likeness (QED) is 0.784. The van der Waals surface area contributed by atoms with Gasteiger partial charge in [-0.1, -0.05) is 0 Å². The van der Waals surface area contributed by atoms with Gasteiger partial charge in [0, 0.05) is 19.2 Å². The molecule has 1 saturated heterocycles. The lowest BCUT2D eigenvalue weighted by Gasteiger charge is -2.43. The van der Waals surface area contributed by atoms with Gasteiger partial charge in [-0.05, 0) is 49.2 Å². The van der Waals surface area contributed by atoms with E-state index in [1.54, 1.807) is 11.0 Å². The van der Waals surface area contributed by atoms with E-state index in [2.05, 4.69) is 9.69 Å². The summed E-state index contributed by atoms with van der Waals surface area (Å²) in [4.78, 5) is 25.7. The number of rotatable bonds is 2. The normalized spacial score (nSPS) is 27.9. The molecule has 2 fully saturated rings. The Kier molecular flexibility index (Phi) is 3.47. The molecular weight excluding hydrogens is 278 g/mol. The predicted octanol–water partition coefficient (Wildman–Crippen LogP) is 0.619. The molecule has 108 valence electrons. The molecule has 2 N–H and O–H groups in total. The number of carbonyl (C=O) groups is 2. The number of aromatic nitrogens is 1. The lowest BCUT2D eigenvalue weighted by Crippen LogP contribution is -2.58. The highest BCUT2D eigenvalue weighted by Gasteiger charge is 2.49. The molecule has 1 aromatic rings. The van der Waals surface area contributed by atoms with Crippen LogP contribution < -0.4 is 5.32 Å². The van der Waals surface area contributed by atoms with Gasteiger partial charge in [-0.25, -0.2) is 0 Å². The molecule has 0 unspecified atom stereocenters. The summed E-state index contributed by atoms with van der Waals surface area (Å²) in [6.45, 7) is 2.64. The van der Waals surface area contributed by atoms with E-state index >= 15 is 0 Å². The van der Waals surface area contributed by atoms with Crippen molar-refractivity contribution in [2.45, 2.75) is 25.8 Å². The molecule has 3 rings (SSSR count). The molecule has 0 bridgehead atoms. The number of hydrogen-bond donors (Lipinski definition) is 2. The van der Waals surface area contributed by atoms with Gasteiger partial charge in [-0.15, -0.1) is 0 Å². The lowest BCUT2D eigenvalue weighted by atomic mass is 9.92. The Morgan fingerprint density at radius 3 is 3.00 bits per heavy atom. The third-order valence-corrected chi connectivity index (χ3v) is 4.96. The van der Waals surface area contributed by atoms with Crippen molar-refractivity contribution in [3.8, 4) is 0 Å². The van der Waals surface area contributed by atoms with E-state index in [0.29, 0.717) is 17.5 Å². The van der Waals surface area contributed by atoms with E-state index in [9.17, 15) is 14.7 Å². The van der Waals surface area contributed by atoms with Gasteiger partial charge in [-0.2, -0.15) is 4.37 Å². The summed E-state index contributed by atoms with van der Waals surface area (Å²) in [5, 5.41) is 12.4. The number of likely N-dealkylation sites (tertiary alicyclic amines) is 1. The van der Waals surface area contributed by atoms with Gasteiger partial charge >= 0.3 is 11.8 Å². The SMILES string of the molecule is Cc1cc(NC(=O)C(=O)N2C[C@@H]3C[C@@H](CO)C[C@@H]32)sn1. The highest BCUT2D eigenvalue weighted by molar-refractivity contribution is 7.10. The molecule has 0 spiro atoms. The Labute approximate surface area is 120 Å². The van der Waals surface area contributed by atoms with Crippen molar-refractivity contribution in [3.05, 3.63) is 11.8 Å². The van der Waals surface area contributed by atoms with Gasteiger partial charge in [0.25, 0.3) is 0 Å². The highest BCUT2D eigenvalue weighted by atomic mass is 32.1. The summed E-state index contributed by atoms with van der Waals surface area (Å²) >= 11 is 1.17. The minimum atomic E-state index is -0.598. The van der Waals surface area contributed by atoms with Crippen molar-refractivity contribution in [2.24, 2.45) is 11.8 Å². The molecule has 2 heterocycles. The van der Waals surface area contributed by atoms with E-state index in [1.165, 1.54) is 11.5 Å². The third-order valence-electron chi connectivity index (χ3n) is 4.16. The molecule has 2 amide bonds. The third kappa shape index (κ3) is 2.31. The number of anilines is 1. The Hall–Kier alpha value is -1.47. The van der Waals surface area contributed by atoms with Gasteiger partial charge < -0.3 is 15.3 Å². The van der Waals surface area contributed by atoms with Crippen molar-refractivity contribution in [1.82, 2.24) is 9.27 Å². The average Bonchev–Trinajstić information content (AvgIpc) is 2.94. The minimum absolute atomic E-state index is 0.133. The number of aliphatic hydroxyl groups is 1. The van der Waals surface area contributed by atoms with Crippen LogP contribution in [0.25, 0.3) is 0 Å². The Bertz CT molecular complexity index is 545. The molecule has 1 saturated carbocycles. The lowest BCUT2D eigenvalue weighted by molar-refractivity contribution is -0.151. The summed E-state index contributed by atoms with van der Waals surface area (Å²) in [5.74, 6) is -0.347. The van der Waals surface area contributed by atoms with Crippen LogP contribution in [-0.2, 0) is 9.59 Å². The molecule has 2 aliphatic rings. The summed E-state index contributed by atoms with van der Waals surface area (Å²) in [6, 6.07) is 1.88. The molecule has 6 nitrogen and oxygen atoms in total. The number of aliphatic hydroxyl groups excluding tert-OH is 1. The molecule has 0 radical (unpaired) electrons. The van der Waals surface area contributed by atoms with Gasteiger partial charge in [0.1, 0.15) is 5.00 Å². The van der Waals surface area contributed by atoms with Crippen molar-refractivity contribution in [2.75, 3.05) is 18.5 Å². The maximum absolute atomic E-state index is 12.1. The van der Waals surface area contributed by atoms with Crippen molar-refractivity contribution < 1.29 is 14.7 Å². The minimum Gasteiger partial charge on any atom is -0.396 e. The Balaban J connectivity index is 1.58. The van der Waals surface area contributed by atoms with Gasteiger partial charge in [0.05, 0.1) is 5.69 Å². The molecule has 20 heavy (non-hydrogen) atoms. The number of fused-ring (bicyclic) bond motifs is 1. The average molecular weight is 295 g/mol. The monoisotopic (exact) mass is 295 g/mol. The smallest absolute Gasteiger partial charge is 0.314 e. The second-order valence-electron chi connectivity index (χ2n) is 5.59. The van der Waals surface area contributed by atoms with Crippen LogP contribution in [0.5, 0.6) is 0 Å². The molecule has 7 heteroatoms. The number of carbonyl (C=O) groups excluding carboxylic acids is 2. The van der Waals surface area contributed by atoms with E-state index in [4.69, 9.17) is 0 Å².